The summed E-state index contributed by atoms with van der Waals surface area (Å²) in [6.07, 6.45) is 4.47. The molecule has 2 fully saturated rings. The summed E-state index contributed by atoms with van der Waals surface area (Å²) in [5.74, 6) is 0.0360. The Morgan fingerprint density at radius 1 is 1.24 bits per heavy atom. The zero-order valence-corrected chi connectivity index (χ0v) is 13.1. The Morgan fingerprint density at radius 2 is 1.86 bits per heavy atom. The van der Waals surface area contributed by atoms with Gasteiger partial charge in [0.2, 0.25) is 5.91 Å². The highest BCUT2D eigenvalue weighted by molar-refractivity contribution is 5.94. The van der Waals surface area contributed by atoms with Crippen molar-refractivity contribution in [1.29, 1.82) is 0 Å². The minimum atomic E-state index is -0.699. The van der Waals surface area contributed by atoms with Crippen molar-refractivity contribution in [3.05, 3.63) is 0 Å². The van der Waals surface area contributed by atoms with Gasteiger partial charge in [-0.15, -0.1) is 0 Å². The van der Waals surface area contributed by atoms with E-state index in [9.17, 15) is 4.79 Å². The standard InChI is InChI=1S/C15H27N3O3/c1-9-10(2)21-11(3)12(9)13(19)17-15(14(16)18-20)7-5-4-6-8-15/h9-12,20H,4-8H2,1-3H3,(H2,16,18)(H,17,19). The molecule has 4 atom stereocenters. The summed E-state index contributed by atoms with van der Waals surface area (Å²) in [6.45, 7) is 5.96. The van der Waals surface area contributed by atoms with Gasteiger partial charge >= 0.3 is 0 Å². The number of carbonyl (C=O) groups excluding carboxylic acids is 1. The molecule has 1 heterocycles. The molecule has 1 saturated carbocycles. The van der Waals surface area contributed by atoms with Crippen molar-refractivity contribution in [2.45, 2.75) is 70.6 Å². The minimum absolute atomic E-state index is 0.0483. The average Bonchev–Trinajstić information content (AvgIpc) is 2.72. The van der Waals surface area contributed by atoms with Gasteiger partial charge in [0.05, 0.1) is 18.1 Å². The van der Waals surface area contributed by atoms with E-state index in [1.165, 1.54) is 0 Å². The summed E-state index contributed by atoms with van der Waals surface area (Å²) >= 11 is 0. The zero-order valence-electron chi connectivity index (χ0n) is 13.1. The van der Waals surface area contributed by atoms with Crippen LogP contribution >= 0.6 is 0 Å². The zero-order chi connectivity index (χ0) is 15.6. The molecule has 0 aromatic carbocycles. The molecule has 6 heteroatoms. The number of nitrogens with zero attached hydrogens (tertiary/aromatic N) is 1. The molecule has 4 N–H and O–H groups in total. The second kappa shape index (κ2) is 6.22. The highest BCUT2D eigenvalue weighted by Gasteiger charge is 2.45. The Bertz CT molecular complexity index is 418. The predicted molar refractivity (Wildman–Crippen MR) is 80.0 cm³/mol. The van der Waals surface area contributed by atoms with Crippen LogP contribution in [0.4, 0.5) is 0 Å². The molecule has 0 aromatic rings. The molecule has 1 aliphatic carbocycles. The highest BCUT2D eigenvalue weighted by Crippen LogP contribution is 2.34. The quantitative estimate of drug-likeness (QED) is 0.319. The van der Waals surface area contributed by atoms with Crippen molar-refractivity contribution in [3.8, 4) is 0 Å². The molecular weight excluding hydrogens is 270 g/mol. The van der Waals surface area contributed by atoms with Gasteiger partial charge in [0, 0.05) is 0 Å². The fraction of sp³-hybridized carbons (Fsp3) is 0.867. The van der Waals surface area contributed by atoms with Crippen molar-refractivity contribution in [2.24, 2.45) is 22.7 Å². The van der Waals surface area contributed by atoms with Crippen molar-refractivity contribution in [1.82, 2.24) is 5.32 Å². The van der Waals surface area contributed by atoms with E-state index in [1.807, 2.05) is 20.8 Å². The van der Waals surface area contributed by atoms with E-state index in [-0.39, 0.29) is 35.8 Å². The number of ether oxygens (including phenoxy) is 1. The van der Waals surface area contributed by atoms with Crippen LogP contribution in [0.3, 0.4) is 0 Å². The molecule has 0 aromatic heterocycles. The van der Waals surface area contributed by atoms with E-state index in [4.69, 9.17) is 15.7 Å². The molecule has 0 spiro atoms. The van der Waals surface area contributed by atoms with E-state index >= 15 is 0 Å². The van der Waals surface area contributed by atoms with Gasteiger partial charge in [0.15, 0.2) is 5.84 Å². The Hall–Kier alpha value is -1.30. The van der Waals surface area contributed by atoms with Gasteiger partial charge < -0.3 is 21.0 Å². The second-order valence-corrected chi connectivity index (χ2v) is 6.55. The van der Waals surface area contributed by atoms with Crippen LogP contribution in [0.25, 0.3) is 0 Å². The summed E-state index contributed by atoms with van der Waals surface area (Å²) in [5.41, 5.74) is 5.18. The summed E-state index contributed by atoms with van der Waals surface area (Å²) in [5, 5.41) is 15.3. The molecule has 1 saturated heterocycles. The molecule has 0 bridgehead atoms. The molecule has 6 nitrogen and oxygen atoms in total. The van der Waals surface area contributed by atoms with Crippen molar-refractivity contribution in [3.63, 3.8) is 0 Å². The molecule has 1 aliphatic heterocycles. The van der Waals surface area contributed by atoms with Crippen LogP contribution in [0.5, 0.6) is 0 Å². The number of hydrogen-bond acceptors (Lipinski definition) is 4. The largest absolute Gasteiger partial charge is 0.409 e. The summed E-state index contributed by atoms with van der Waals surface area (Å²) in [6, 6.07) is 0. The van der Waals surface area contributed by atoms with Crippen LogP contribution in [0.2, 0.25) is 0 Å². The maximum Gasteiger partial charge on any atom is 0.226 e. The average molecular weight is 297 g/mol. The Kier molecular flexibility index (Phi) is 4.76. The molecule has 1 amide bonds. The van der Waals surface area contributed by atoms with E-state index in [1.54, 1.807) is 0 Å². The molecule has 21 heavy (non-hydrogen) atoms. The first-order valence-corrected chi connectivity index (χ1v) is 7.87. The lowest BCUT2D eigenvalue weighted by atomic mass is 9.79. The lowest BCUT2D eigenvalue weighted by Gasteiger charge is -2.38. The molecule has 2 aliphatic rings. The number of nitrogens with one attached hydrogen (secondary N) is 1. The van der Waals surface area contributed by atoms with E-state index < -0.39 is 5.54 Å². The maximum atomic E-state index is 12.7. The third-order valence-corrected chi connectivity index (χ3v) is 5.21. The van der Waals surface area contributed by atoms with Gasteiger partial charge in [-0.05, 0) is 32.6 Å². The van der Waals surface area contributed by atoms with Gasteiger partial charge in [0.25, 0.3) is 0 Å². The van der Waals surface area contributed by atoms with Crippen LogP contribution in [-0.4, -0.2) is 34.7 Å². The Morgan fingerprint density at radius 3 is 2.33 bits per heavy atom. The van der Waals surface area contributed by atoms with E-state index in [0.717, 1.165) is 32.1 Å². The van der Waals surface area contributed by atoms with E-state index in [2.05, 4.69) is 10.5 Å². The third kappa shape index (κ3) is 3.00. The predicted octanol–water partition coefficient (Wildman–Crippen LogP) is 1.61. The maximum absolute atomic E-state index is 12.7. The summed E-state index contributed by atoms with van der Waals surface area (Å²) in [4.78, 5) is 12.7. The van der Waals surface area contributed by atoms with Crippen LogP contribution in [-0.2, 0) is 9.53 Å². The fourth-order valence-corrected chi connectivity index (χ4v) is 3.73. The first kappa shape index (κ1) is 16.1. The first-order chi connectivity index (χ1) is 9.91. The SMILES string of the molecule is CC1OC(C)C(C(=O)NC2(C(N)=NO)CCCCC2)C1C. The summed E-state index contributed by atoms with van der Waals surface area (Å²) in [7, 11) is 0. The first-order valence-electron chi connectivity index (χ1n) is 7.87. The Labute approximate surface area is 126 Å². The monoisotopic (exact) mass is 297 g/mol. The molecule has 120 valence electrons. The fourth-order valence-electron chi connectivity index (χ4n) is 3.73. The van der Waals surface area contributed by atoms with Crippen LogP contribution in [0.1, 0.15) is 52.9 Å². The minimum Gasteiger partial charge on any atom is -0.409 e. The molecule has 0 radical (unpaired) electrons. The summed E-state index contributed by atoms with van der Waals surface area (Å²) < 4.78 is 5.74. The number of carbonyl (C=O) groups is 1. The van der Waals surface area contributed by atoms with Gasteiger partial charge in [0.1, 0.15) is 5.54 Å². The number of nitrogens with two attached hydrogens (primary N) is 1. The smallest absolute Gasteiger partial charge is 0.226 e. The number of amidine groups is 1. The highest BCUT2D eigenvalue weighted by atomic mass is 16.5. The van der Waals surface area contributed by atoms with Crippen LogP contribution < -0.4 is 11.1 Å². The number of oxime groups is 1. The van der Waals surface area contributed by atoms with Crippen molar-refractivity contribution >= 4 is 11.7 Å². The van der Waals surface area contributed by atoms with Gasteiger partial charge in [-0.1, -0.05) is 31.3 Å². The Balaban J connectivity index is 2.15. The van der Waals surface area contributed by atoms with Crippen molar-refractivity contribution in [2.75, 3.05) is 0 Å². The molecular formula is C15H27N3O3. The number of rotatable bonds is 3. The number of amides is 1. The van der Waals surface area contributed by atoms with Crippen LogP contribution in [0, 0.1) is 11.8 Å². The normalized spacial score (nSPS) is 36.4. The van der Waals surface area contributed by atoms with E-state index in [0.29, 0.717) is 0 Å². The number of hydrogen-bond donors (Lipinski definition) is 3. The molecule has 2 rings (SSSR count). The van der Waals surface area contributed by atoms with Gasteiger partial charge in [-0.25, -0.2) is 0 Å². The van der Waals surface area contributed by atoms with Crippen molar-refractivity contribution < 1.29 is 14.7 Å². The van der Waals surface area contributed by atoms with Crippen LogP contribution in [0.15, 0.2) is 5.16 Å². The van der Waals surface area contributed by atoms with Gasteiger partial charge in [-0.2, -0.15) is 0 Å². The lowest BCUT2D eigenvalue weighted by molar-refractivity contribution is -0.128. The second-order valence-electron chi connectivity index (χ2n) is 6.55. The third-order valence-electron chi connectivity index (χ3n) is 5.21. The molecule has 4 unspecified atom stereocenters. The van der Waals surface area contributed by atoms with Gasteiger partial charge in [-0.3, -0.25) is 4.79 Å². The lowest BCUT2D eigenvalue weighted by Crippen LogP contribution is -2.60. The topological polar surface area (TPSA) is 96.9 Å².